The summed E-state index contributed by atoms with van der Waals surface area (Å²) >= 11 is 0. The van der Waals surface area contributed by atoms with Crippen molar-refractivity contribution in [3.05, 3.63) is 70.5 Å². The maximum Gasteiger partial charge on any atom is 0.253 e. The van der Waals surface area contributed by atoms with E-state index in [1.165, 1.54) is 17.7 Å². The van der Waals surface area contributed by atoms with Gasteiger partial charge in [-0.3, -0.25) is 4.79 Å². The normalized spacial score (nSPS) is 16.7. The quantitative estimate of drug-likeness (QED) is 0.916. The molecule has 1 atom stereocenters. The highest BCUT2D eigenvalue weighted by Crippen LogP contribution is 2.31. The Balaban J connectivity index is 1.62. The number of halogens is 1. The smallest absolute Gasteiger partial charge is 0.253 e. The Hall–Kier alpha value is -2.20. The van der Waals surface area contributed by atoms with Crippen molar-refractivity contribution >= 4 is 5.91 Å². The van der Waals surface area contributed by atoms with Gasteiger partial charge in [0.05, 0.1) is 6.10 Å². The van der Waals surface area contributed by atoms with Gasteiger partial charge in [-0.05, 0) is 73.6 Å². The Morgan fingerprint density at radius 2 is 1.72 bits per heavy atom. The van der Waals surface area contributed by atoms with Crippen LogP contribution in [0.1, 0.15) is 46.0 Å². The summed E-state index contributed by atoms with van der Waals surface area (Å²) in [5, 5.41) is 10.5. The lowest BCUT2D eigenvalue weighted by atomic mass is 9.87. The largest absolute Gasteiger partial charge is 0.388 e. The van der Waals surface area contributed by atoms with Crippen LogP contribution in [0.3, 0.4) is 0 Å². The molecule has 1 heterocycles. The van der Waals surface area contributed by atoms with Gasteiger partial charge in [0.1, 0.15) is 5.82 Å². The average molecular weight is 341 g/mol. The Morgan fingerprint density at radius 3 is 2.32 bits per heavy atom. The van der Waals surface area contributed by atoms with Crippen LogP contribution in [0.5, 0.6) is 0 Å². The van der Waals surface area contributed by atoms with Crippen LogP contribution >= 0.6 is 0 Å². The third kappa shape index (κ3) is 3.90. The molecule has 0 aliphatic carbocycles. The third-order valence-electron chi connectivity index (χ3n) is 5.24. The molecule has 1 unspecified atom stereocenters. The van der Waals surface area contributed by atoms with Crippen LogP contribution in [0.15, 0.2) is 42.5 Å². The van der Waals surface area contributed by atoms with Crippen molar-refractivity contribution in [1.82, 2.24) is 4.90 Å². The van der Waals surface area contributed by atoms with E-state index in [9.17, 15) is 14.3 Å². The predicted octanol–water partition coefficient (Wildman–Crippen LogP) is 4.03. The second kappa shape index (κ2) is 7.36. The second-order valence-corrected chi connectivity index (χ2v) is 6.93. The lowest BCUT2D eigenvalue weighted by molar-refractivity contribution is 0.0462. The minimum Gasteiger partial charge on any atom is -0.388 e. The van der Waals surface area contributed by atoms with Gasteiger partial charge in [0.15, 0.2) is 0 Å². The SMILES string of the molecule is Cc1ccc(C(=O)N2CCC(C(O)c3ccc(F)cc3)CC2)cc1C. The molecule has 3 nitrogen and oxygen atoms in total. The van der Waals surface area contributed by atoms with E-state index in [2.05, 4.69) is 0 Å². The number of carbonyl (C=O) groups is 1. The average Bonchev–Trinajstić information content (AvgIpc) is 2.63. The zero-order chi connectivity index (χ0) is 18.0. The van der Waals surface area contributed by atoms with Gasteiger partial charge >= 0.3 is 0 Å². The molecule has 0 aromatic heterocycles. The number of likely N-dealkylation sites (tertiary alicyclic amines) is 1. The Bertz CT molecular complexity index is 749. The number of benzene rings is 2. The number of hydrogen-bond acceptors (Lipinski definition) is 2. The van der Waals surface area contributed by atoms with Crippen LogP contribution in [-0.4, -0.2) is 29.0 Å². The van der Waals surface area contributed by atoms with E-state index >= 15 is 0 Å². The van der Waals surface area contributed by atoms with Gasteiger partial charge in [-0.25, -0.2) is 4.39 Å². The van der Waals surface area contributed by atoms with Crippen molar-refractivity contribution in [2.45, 2.75) is 32.8 Å². The topological polar surface area (TPSA) is 40.5 Å². The van der Waals surface area contributed by atoms with E-state index in [0.29, 0.717) is 13.1 Å². The van der Waals surface area contributed by atoms with E-state index in [0.717, 1.165) is 29.5 Å². The molecule has 3 rings (SSSR count). The predicted molar refractivity (Wildman–Crippen MR) is 95.9 cm³/mol. The summed E-state index contributed by atoms with van der Waals surface area (Å²) in [5.41, 5.74) is 3.76. The molecule has 132 valence electrons. The van der Waals surface area contributed by atoms with E-state index in [-0.39, 0.29) is 17.6 Å². The minimum absolute atomic E-state index is 0.0535. The van der Waals surface area contributed by atoms with Crippen molar-refractivity contribution in [3.8, 4) is 0 Å². The maximum atomic E-state index is 13.0. The van der Waals surface area contributed by atoms with Crippen molar-refractivity contribution in [2.75, 3.05) is 13.1 Å². The highest BCUT2D eigenvalue weighted by Gasteiger charge is 2.28. The third-order valence-corrected chi connectivity index (χ3v) is 5.24. The molecule has 1 fully saturated rings. The number of piperidine rings is 1. The summed E-state index contributed by atoms with van der Waals surface area (Å²) in [4.78, 5) is 14.5. The zero-order valence-corrected chi connectivity index (χ0v) is 14.7. The number of amides is 1. The van der Waals surface area contributed by atoms with E-state index in [4.69, 9.17) is 0 Å². The molecule has 1 saturated heterocycles. The Labute approximate surface area is 148 Å². The molecule has 0 bridgehead atoms. The molecule has 1 amide bonds. The molecular weight excluding hydrogens is 317 g/mol. The van der Waals surface area contributed by atoms with Crippen LogP contribution in [0.25, 0.3) is 0 Å². The summed E-state index contributed by atoms with van der Waals surface area (Å²) < 4.78 is 13.0. The summed E-state index contributed by atoms with van der Waals surface area (Å²) in [6, 6.07) is 11.8. The van der Waals surface area contributed by atoms with Gasteiger partial charge in [-0.1, -0.05) is 18.2 Å². The van der Waals surface area contributed by atoms with Crippen LogP contribution in [0.4, 0.5) is 4.39 Å². The molecule has 2 aromatic carbocycles. The van der Waals surface area contributed by atoms with Gasteiger partial charge in [-0.15, -0.1) is 0 Å². The number of aliphatic hydroxyl groups excluding tert-OH is 1. The standard InChI is InChI=1S/C21H24FNO2/c1-14-3-4-18(13-15(14)2)21(25)23-11-9-17(10-12-23)20(24)16-5-7-19(22)8-6-16/h3-8,13,17,20,24H,9-12H2,1-2H3. The lowest BCUT2D eigenvalue weighted by Crippen LogP contribution is -2.39. The van der Waals surface area contributed by atoms with Gasteiger partial charge in [0.2, 0.25) is 0 Å². The first-order valence-electron chi connectivity index (χ1n) is 8.76. The molecule has 25 heavy (non-hydrogen) atoms. The number of rotatable bonds is 3. The monoisotopic (exact) mass is 341 g/mol. The first-order chi connectivity index (χ1) is 12.0. The summed E-state index contributed by atoms with van der Waals surface area (Å²) in [6.07, 6.45) is 0.879. The van der Waals surface area contributed by atoms with E-state index in [1.807, 2.05) is 36.9 Å². The highest BCUT2D eigenvalue weighted by molar-refractivity contribution is 5.94. The number of nitrogens with zero attached hydrogens (tertiary/aromatic N) is 1. The number of aryl methyl sites for hydroxylation is 2. The van der Waals surface area contributed by atoms with Crippen LogP contribution in [0, 0.1) is 25.6 Å². The zero-order valence-electron chi connectivity index (χ0n) is 14.7. The van der Waals surface area contributed by atoms with Gasteiger partial charge < -0.3 is 10.0 Å². The van der Waals surface area contributed by atoms with Gasteiger partial charge in [-0.2, -0.15) is 0 Å². The molecule has 1 N–H and O–H groups in total. The second-order valence-electron chi connectivity index (χ2n) is 6.93. The van der Waals surface area contributed by atoms with Crippen LogP contribution < -0.4 is 0 Å². The van der Waals surface area contributed by atoms with Crippen LogP contribution in [-0.2, 0) is 0 Å². The first-order valence-corrected chi connectivity index (χ1v) is 8.76. The molecule has 0 saturated carbocycles. The molecule has 4 heteroatoms. The van der Waals surface area contributed by atoms with Gasteiger partial charge in [0, 0.05) is 18.7 Å². The minimum atomic E-state index is -0.612. The Kier molecular flexibility index (Phi) is 5.19. The fourth-order valence-corrected chi connectivity index (χ4v) is 3.41. The molecule has 0 spiro atoms. The van der Waals surface area contributed by atoms with E-state index < -0.39 is 6.10 Å². The molecule has 1 aliphatic heterocycles. The maximum absolute atomic E-state index is 13.0. The fourth-order valence-electron chi connectivity index (χ4n) is 3.41. The molecule has 2 aromatic rings. The summed E-state index contributed by atoms with van der Waals surface area (Å²) in [6.45, 7) is 5.31. The van der Waals surface area contributed by atoms with E-state index in [1.54, 1.807) is 12.1 Å². The van der Waals surface area contributed by atoms with Gasteiger partial charge in [0.25, 0.3) is 5.91 Å². The first kappa shape index (κ1) is 17.6. The number of aliphatic hydroxyl groups is 1. The fraction of sp³-hybridized carbons (Fsp3) is 0.381. The molecule has 1 aliphatic rings. The number of hydrogen-bond donors (Lipinski definition) is 1. The van der Waals surface area contributed by atoms with Crippen molar-refractivity contribution < 1.29 is 14.3 Å². The summed E-state index contributed by atoms with van der Waals surface area (Å²) in [5.74, 6) is -0.156. The Morgan fingerprint density at radius 1 is 1.08 bits per heavy atom. The lowest BCUT2D eigenvalue weighted by Gasteiger charge is -2.34. The molecule has 0 radical (unpaired) electrons. The highest BCUT2D eigenvalue weighted by atomic mass is 19.1. The van der Waals surface area contributed by atoms with Crippen molar-refractivity contribution in [3.63, 3.8) is 0 Å². The summed E-state index contributed by atoms with van der Waals surface area (Å²) in [7, 11) is 0. The van der Waals surface area contributed by atoms with Crippen LogP contribution in [0.2, 0.25) is 0 Å². The molecular formula is C21H24FNO2. The number of carbonyl (C=O) groups excluding carboxylic acids is 1. The van der Waals surface area contributed by atoms with Crippen molar-refractivity contribution in [1.29, 1.82) is 0 Å². The van der Waals surface area contributed by atoms with Crippen molar-refractivity contribution in [2.24, 2.45) is 5.92 Å².